The van der Waals surface area contributed by atoms with Crippen molar-refractivity contribution < 1.29 is 17.6 Å². The lowest BCUT2D eigenvalue weighted by Crippen LogP contribution is -2.31. The number of hydrogen-bond acceptors (Lipinski definition) is 6. The highest BCUT2D eigenvalue weighted by Crippen LogP contribution is 2.32. The van der Waals surface area contributed by atoms with E-state index in [0.717, 1.165) is 21.3 Å². The summed E-state index contributed by atoms with van der Waals surface area (Å²) >= 11 is 1.41. The fourth-order valence-corrected chi connectivity index (χ4v) is 5.52. The van der Waals surface area contributed by atoms with E-state index >= 15 is 0 Å². The van der Waals surface area contributed by atoms with Gasteiger partial charge in [-0.3, -0.25) is 9.69 Å². The van der Waals surface area contributed by atoms with E-state index in [9.17, 15) is 13.2 Å². The van der Waals surface area contributed by atoms with Crippen LogP contribution in [-0.4, -0.2) is 25.1 Å². The predicted molar refractivity (Wildman–Crippen MR) is 122 cm³/mol. The van der Waals surface area contributed by atoms with Crippen molar-refractivity contribution in [3.63, 3.8) is 0 Å². The second-order valence-electron chi connectivity index (χ2n) is 7.34. The van der Waals surface area contributed by atoms with E-state index in [1.165, 1.54) is 16.2 Å². The normalized spacial score (nSPS) is 11.7. The Morgan fingerprint density at radius 1 is 1.06 bits per heavy atom. The summed E-state index contributed by atoms with van der Waals surface area (Å²) in [6, 6.07) is 15.8. The van der Waals surface area contributed by atoms with E-state index in [0.29, 0.717) is 10.9 Å². The molecule has 0 radical (unpaired) electrons. The minimum Gasteiger partial charge on any atom is -0.467 e. The molecule has 1 amide bonds. The number of fused-ring (bicyclic) bond motifs is 1. The topological polar surface area (TPSA) is 80.5 Å². The summed E-state index contributed by atoms with van der Waals surface area (Å²) < 4.78 is 31.7. The number of nitrogens with zero attached hydrogens (tertiary/aromatic N) is 2. The van der Waals surface area contributed by atoms with E-state index in [4.69, 9.17) is 4.42 Å². The van der Waals surface area contributed by atoms with Gasteiger partial charge < -0.3 is 4.42 Å². The molecule has 0 bridgehead atoms. The maximum absolute atomic E-state index is 13.1. The van der Waals surface area contributed by atoms with Crippen LogP contribution < -0.4 is 4.90 Å². The van der Waals surface area contributed by atoms with E-state index in [1.807, 2.05) is 19.9 Å². The molecule has 2 aromatic carbocycles. The van der Waals surface area contributed by atoms with Gasteiger partial charge in [-0.2, -0.15) is 0 Å². The predicted octanol–water partition coefficient (Wildman–Crippen LogP) is 4.90. The van der Waals surface area contributed by atoms with Gasteiger partial charge in [0.1, 0.15) is 5.76 Å². The zero-order chi connectivity index (χ0) is 22.0. The molecule has 160 valence electrons. The van der Waals surface area contributed by atoms with Crippen molar-refractivity contribution in [2.24, 2.45) is 0 Å². The van der Waals surface area contributed by atoms with E-state index < -0.39 is 9.84 Å². The van der Waals surface area contributed by atoms with Crippen LogP contribution in [0.15, 0.2) is 70.2 Å². The summed E-state index contributed by atoms with van der Waals surface area (Å²) in [5.74, 6) is 0.0162. The van der Waals surface area contributed by atoms with Crippen molar-refractivity contribution in [2.75, 3.05) is 10.7 Å². The Labute approximate surface area is 185 Å². The van der Waals surface area contributed by atoms with Crippen LogP contribution in [0.4, 0.5) is 5.13 Å². The van der Waals surface area contributed by atoms with Crippen molar-refractivity contribution in [1.82, 2.24) is 4.98 Å². The molecule has 31 heavy (non-hydrogen) atoms. The fourth-order valence-electron chi connectivity index (χ4n) is 3.21. The standard InChI is InChI=1S/C23H22N2O4S2/c1-16-13-20-21(14-17(16)2)30-23(24-20)25(15-18-7-6-11-29-18)22(26)10-12-31(27,28)19-8-4-3-5-9-19/h3-9,11,13-14H,10,12,15H2,1-2H3. The smallest absolute Gasteiger partial charge is 0.230 e. The number of hydrogen-bond donors (Lipinski definition) is 0. The minimum absolute atomic E-state index is 0.147. The Balaban J connectivity index is 1.61. The molecule has 2 heterocycles. The molecule has 0 atom stereocenters. The van der Waals surface area contributed by atoms with E-state index in [-0.39, 0.29) is 29.5 Å². The van der Waals surface area contributed by atoms with Crippen LogP contribution in [0.2, 0.25) is 0 Å². The first-order valence-corrected chi connectivity index (χ1v) is 12.3. The molecule has 0 unspecified atom stereocenters. The van der Waals surface area contributed by atoms with Crippen LogP contribution >= 0.6 is 11.3 Å². The molecule has 0 aliphatic carbocycles. The number of amides is 1. The lowest BCUT2D eigenvalue weighted by atomic mass is 10.1. The van der Waals surface area contributed by atoms with Crippen molar-refractivity contribution >= 4 is 42.4 Å². The quantitative estimate of drug-likeness (QED) is 0.397. The van der Waals surface area contributed by atoms with Crippen LogP contribution in [0.5, 0.6) is 0 Å². The fraction of sp³-hybridized carbons (Fsp3) is 0.217. The molecule has 0 saturated heterocycles. The van der Waals surface area contributed by atoms with E-state index in [1.54, 1.807) is 48.7 Å². The summed E-state index contributed by atoms with van der Waals surface area (Å²) in [7, 11) is -3.56. The lowest BCUT2D eigenvalue weighted by Gasteiger charge is -2.18. The summed E-state index contributed by atoms with van der Waals surface area (Å²) in [6.07, 6.45) is 1.40. The van der Waals surface area contributed by atoms with Crippen LogP contribution in [0.3, 0.4) is 0 Å². The molecule has 6 nitrogen and oxygen atoms in total. The van der Waals surface area contributed by atoms with Gasteiger partial charge in [0, 0.05) is 6.42 Å². The highest BCUT2D eigenvalue weighted by molar-refractivity contribution is 7.91. The molecular weight excluding hydrogens is 432 g/mol. The van der Waals surface area contributed by atoms with E-state index in [2.05, 4.69) is 11.1 Å². The number of sulfone groups is 1. The average molecular weight is 455 g/mol. The van der Waals surface area contributed by atoms with Gasteiger partial charge in [0.25, 0.3) is 0 Å². The maximum Gasteiger partial charge on any atom is 0.230 e. The Morgan fingerprint density at radius 3 is 2.52 bits per heavy atom. The number of carbonyl (C=O) groups is 1. The molecule has 4 rings (SSSR count). The molecule has 0 N–H and O–H groups in total. The van der Waals surface area contributed by atoms with Crippen molar-refractivity contribution in [3.05, 3.63) is 77.7 Å². The number of anilines is 1. The van der Waals surface area contributed by atoms with Crippen LogP contribution in [0.25, 0.3) is 10.2 Å². The molecule has 0 aliphatic rings. The minimum atomic E-state index is -3.56. The number of carbonyl (C=O) groups excluding carboxylic acids is 1. The largest absolute Gasteiger partial charge is 0.467 e. The zero-order valence-corrected chi connectivity index (χ0v) is 18.9. The van der Waals surface area contributed by atoms with Crippen molar-refractivity contribution in [3.8, 4) is 0 Å². The number of benzene rings is 2. The van der Waals surface area contributed by atoms with Gasteiger partial charge in [0.2, 0.25) is 5.91 Å². The van der Waals surface area contributed by atoms with Gasteiger partial charge in [-0.15, -0.1) is 0 Å². The monoisotopic (exact) mass is 454 g/mol. The van der Waals surface area contributed by atoms with Gasteiger partial charge >= 0.3 is 0 Å². The average Bonchev–Trinajstić information content (AvgIpc) is 3.41. The van der Waals surface area contributed by atoms with Gasteiger partial charge in [0.05, 0.1) is 33.7 Å². The molecule has 2 aromatic heterocycles. The second kappa shape index (κ2) is 8.64. The first-order chi connectivity index (χ1) is 14.8. The summed E-state index contributed by atoms with van der Waals surface area (Å²) in [6.45, 7) is 4.25. The molecular formula is C23H22N2O4S2. The third-order valence-corrected chi connectivity index (χ3v) is 7.88. The van der Waals surface area contributed by atoms with Crippen LogP contribution in [0, 0.1) is 13.8 Å². The summed E-state index contributed by atoms with van der Waals surface area (Å²) in [5.41, 5.74) is 3.10. The first-order valence-electron chi connectivity index (χ1n) is 9.82. The zero-order valence-electron chi connectivity index (χ0n) is 17.2. The number of aromatic nitrogens is 1. The summed E-state index contributed by atoms with van der Waals surface area (Å²) in [5, 5.41) is 0.526. The van der Waals surface area contributed by atoms with Crippen LogP contribution in [-0.2, 0) is 21.2 Å². The molecule has 4 aromatic rings. The Morgan fingerprint density at radius 2 is 1.81 bits per heavy atom. The maximum atomic E-state index is 13.1. The Bertz CT molecular complexity index is 1270. The van der Waals surface area contributed by atoms with Gasteiger partial charge in [-0.05, 0) is 61.4 Å². The Hall–Kier alpha value is -2.97. The van der Waals surface area contributed by atoms with Crippen molar-refractivity contribution in [1.29, 1.82) is 0 Å². The molecule has 0 spiro atoms. The van der Waals surface area contributed by atoms with Gasteiger partial charge in [-0.25, -0.2) is 13.4 Å². The third-order valence-electron chi connectivity index (χ3n) is 5.11. The highest BCUT2D eigenvalue weighted by atomic mass is 32.2. The number of rotatable bonds is 7. The lowest BCUT2D eigenvalue weighted by molar-refractivity contribution is -0.118. The molecule has 0 fully saturated rings. The van der Waals surface area contributed by atoms with Gasteiger partial charge in [-0.1, -0.05) is 29.5 Å². The summed E-state index contributed by atoms with van der Waals surface area (Å²) in [4.78, 5) is 19.5. The van der Waals surface area contributed by atoms with Crippen molar-refractivity contribution in [2.45, 2.75) is 31.7 Å². The molecule has 0 aliphatic heterocycles. The molecule has 8 heteroatoms. The second-order valence-corrected chi connectivity index (χ2v) is 10.5. The third kappa shape index (κ3) is 4.70. The number of thiazole rings is 1. The van der Waals surface area contributed by atoms with Gasteiger partial charge in [0.15, 0.2) is 15.0 Å². The SMILES string of the molecule is Cc1cc2nc(N(Cc3ccco3)C(=O)CCS(=O)(=O)c3ccccc3)sc2cc1C. The highest BCUT2D eigenvalue weighted by Gasteiger charge is 2.24. The Kier molecular flexibility index (Phi) is 5.93. The number of furan rings is 1. The van der Waals surface area contributed by atoms with Crippen LogP contribution in [0.1, 0.15) is 23.3 Å². The molecule has 0 saturated carbocycles. The number of aryl methyl sites for hydroxylation is 2. The first kappa shape index (κ1) is 21.3.